The molecule has 1 aromatic carbocycles. The van der Waals surface area contributed by atoms with E-state index < -0.39 is 0 Å². The van der Waals surface area contributed by atoms with Crippen molar-refractivity contribution in [3.05, 3.63) is 35.4 Å². The molecule has 0 aromatic heterocycles. The largest absolute Gasteiger partial charge is 0.307 e. The van der Waals surface area contributed by atoms with Crippen molar-refractivity contribution >= 4 is 0 Å². The van der Waals surface area contributed by atoms with Gasteiger partial charge in [0, 0.05) is 12.1 Å². The minimum atomic E-state index is 0.502. The van der Waals surface area contributed by atoms with Gasteiger partial charge in [-0.1, -0.05) is 29.8 Å². The van der Waals surface area contributed by atoms with Gasteiger partial charge in [-0.15, -0.1) is 0 Å². The normalized spacial score (nSPS) is 21.8. The summed E-state index contributed by atoms with van der Waals surface area (Å²) in [5.74, 6) is 1.96. The molecule has 1 unspecified atom stereocenters. The summed E-state index contributed by atoms with van der Waals surface area (Å²) in [7, 11) is 0. The van der Waals surface area contributed by atoms with Crippen molar-refractivity contribution in [1.82, 2.24) is 5.32 Å². The summed E-state index contributed by atoms with van der Waals surface area (Å²) in [6, 6.07) is 10.3. The first kappa shape index (κ1) is 11.3. The van der Waals surface area contributed by atoms with Crippen LogP contribution in [0, 0.1) is 18.8 Å². The highest BCUT2D eigenvalue weighted by Gasteiger charge is 2.41. The number of hydrogen-bond acceptors (Lipinski definition) is 1. The fourth-order valence-corrected chi connectivity index (χ4v) is 2.81. The molecule has 2 fully saturated rings. The average molecular weight is 229 g/mol. The summed E-state index contributed by atoms with van der Waals surface area (Å²) in [6.45, 7) is 4.46. The summed E-state index contributed by atoms with van der Waals surface area (Å²) in [6.07, 6.45) is 5.81. The van der Waals surface area contributed by atoms with E-state index in [2.05, 4.69) is 43.4 Å². The van der Waals surface area contributed by atoms with E-state index in [1.807, 2.05) is 0 Å². The number of rotatable bonds is 5. The maximum absolute atomic E-state index is 3.88. The van der Waals surface area contributed by atoms with E-state index in [4.69, 9.17) is 0 Å². The van der Waals surface area contributed by atoms with Crippen LogP contribution in [0.3, 0.4) is 0 Å². The van der Waals surface area contributed by atoms with Crippen LogP contribution < -0.4 is 5.32 Å². The quantitative estimate of drug-likeness (QED) is 0.809. The van der Waals surface area contributed by atoms with Gasteiger partial charge in [-0.05, 0) is 56.9 Å². The zero-order valence-electron chi connectivity index (χ0n) is 10.9. The first-order chi connectivity index (χ1) is 8.24. The van der Waals surface area contributed by atoms with Crippen LogP contribution in [0.1, 0.15) is 49.8 Å². The SMILES string of the molecule is Cc1ccc(C(C)NC(C2CC2)C2CC2)cc1. The molecule has 0 radical (unpaired) electrons. The summed E-state index contributed by atoms with van der Waals surface area (Å²) < 4.78 is 0. The Morgan fingerprint density at radius 3 is 2.00 bits per heavy atom. The third kappa shape index (κ3) is 2.71. The molecule has 2 saturated carbocycles. The molecule has 3 rings (SSSR count). The number of hydrogen-bond donors (Lipinski definition) is 1. The van der Waals surface area contributed by atoms with Gasteiger partial charge < -0.3 is 5.32 Å². The van der Waals surface area contributed by atoms with Crippen LogP contribution in [0.5, 0.6) is 0 Å². The van der Waals surface area contributed by atoms with E-state index in [9.17, 15) is 0 Å². The summed E-state index contributed by atoms with van der Waals surface area (Å²) in [5.41, 5.74) is 2.78. The van der Waals surface area contributed by atoms with Crippen LogP contribution >= 0.6 is 0 Å². The molecule has 1 atom stereocenters. The van der Waals surface area contributed by atoms with Gasteiger partial charge in [-0.2, -0.15) is 0 Å². The van der Waals surface area contributed by atoms with Crippen molar-refractivity contribution in [3.63, 3.8) is 0 Å². The molecule has 0 saturated heterocycles. The Hall–Kier alpha value is -0.820. The Morgan fingerprint density at radius 2 is 1.53 bits per heavy atom. The van der Waals surface area contributed by atoms with E-state index >= 15 is 0 Å². The molecule has 1 heteroatoms. The van der Waals surface area contributed by atoms with Gasteiger partial charge in [0.05, 0.1) is 0 Å². The molecule has 1 N–H and O–H groups in total. The Morgan fingerprint density at radius 1 is 1.00 bits per heavy atom. The van der Waals surface area contributed by atoms with Gasteiger partial charge in [-0.3, -0.25) is 0 Å². The highest BCUT2D eigenvalue weighted by molar-refractivity contribution is 5.24. The van der Waals surface area contributed by atoms with Gasteiger partial charge in [0.1, 0.15) is 0 Å². The monoisotopic (exact) mass is 229 g/mol. The molecule has 0 spiro atoms. The van der Waals surface area contributed by atoms with E-state index in [-0.39, 0.29) is 0 Å². The summed E-state index contributed by atoms with van der Waals surface area (Å²) in [5, 5.41) is 3.88. The average Bonchev–Trinajstić information content (AvgIpc) is 3.17. The lowest BCUT2D eigenvalue weighted by Crippen LogP contribution is -2.35. The zero-order valence-corrected chi connectivity index (χ0v) is 10.9. The minimum Gasteiger partial charge on any atom is -0.307 e. The lowest BCUT2D eigenvalue weighted by atomic mass is 10.0. The molecule has 0 amide bonds. The Balaban J connectivity index is 1.64. The lowest BCUT2D eigenvalue weighted by molar-refractivity contribution is 0.377. The van der Waals surface area contributed by atoms with Crippen molar-refractivity contribution in [1.29, 1.82) is 0 Å². The highest BCUT2D eigenvalue weighted by atomic mass is 15.0. The molecule has 0 heterocycles. The van der Waals surface area contributed by atoms with Gasteiger partial charge >= 0.3 is 0 Å². The number of aryl methyl sites for hydroxylation is 1. The maximum Gasteiger partial charge on any atom is 0.0294 e. The smallest absolute Gasteiger partial charge is 0.0294 e. The second-order valence-corrected chi connectivity index (χ2v) is 6.00. The molecule has 2 aliphatic carbocycles. The maximum atomic E-state index is 3.88. The standard InChI is InChI=1S/C16H23N/c1-11-3-5-13(6-4-11)12(2)17-16(14-7-8-14)15-9-10-15/h3-6,12,14-17H,7-10H2,1-2H3. The Labute approximate surface area is 105 Å². The lowest BCUT2D eigenvalue weighted by Gasteiger charge is -2.23. The van der Waals surface area contributed by atoms with Crippen LogP contribution in [0.25, 0.3) is 0 Å². The number of benzene rings is 1. The van der Waals surface area contributed by atoms with E-state index in [1.54, 1.807) is 0 Å². The molecule has 1 aromatic rings. The predicted molar refractivity (Wildman–Crippen MR) is 72.0 cm³/mol. The van der Waals surface area contributed by atoms with Crippen LogP contribution in [-0.2, 0) is 0 Å². The molecule has 1 nitrogen and oxygen atoms in total. The Bertz CT molecular complexity index is 361. The summed E-state index contributed by atoms with van der Waals surface area (Å²) >= 11 is 0. The van der Waals surface area contributed by atoms with Crippen LogP contribution in [0.4, 0.5) is 0 Å². The number of nitrogens with one attached hydrogen (secondary N) is 1. The van der Waals surface area contributed by atoms with Crippen LogP contribution in [0.2, 0.25) is 0 Å². The first-order valence-corrected chi connectivity index (χ1v) is 7.06. The second kappa shape index (κ2) is 4.45. The molecule has 0 aliphatic heterocycles. The predicted octanol–water partition coefficient (Wildman–Crippen LogP) is 3.83. The third-order valence-corrected chi connectivity index (χ3v) is 4.28. The molecular weight excluding hydrogens is 206 g/mol. The molecular formula is C16H23N. The van der Waals surface area contributed by atoms with E-state index in [1.165, 1.54) is 36.8 Å². The van der Waals surface area contributed by atoms with Crippen molar-refractivity contribution in [2.75, 3.05) is 0 Å². The Kier molecular flexibility index (Phi) is 2.96. The molecule has 2 aliphatic rings. The highest BCUT2D eigenvalue weighted by Crippen LogP contribution is 2.45. The summed E-state index contributed by atoms with van der Waals surface area (Å²) in [4.78, 5) is 0. The van der Waals surface area contributed by atoms with Crippen LogP contribution in [-0.4, -0.2) is 6.04 Å². The van der Waals surface area contributed by atoms with Crippen molar-refractivity contribution in [3.8, 4) is 0 Å². The van der Waals surface area contributed by atoms with Gasteiger partial charge in [0.2, 0.25) is 0 Å². The van der Waals surface area contributed by atoms with E-state index in [0.717, 1.165) is 17.9 Å². The van der Waals surface area contributed by atoms with Gasteiger partial charge in [-0.25, -0.2) is 0 Å². The third-order valence-electron chi connectivity index (χ3n) is 4.28. The van der Waals surface area contributed by atoms with Gasteiger partial charge in [0.15, 0.2) is 0 Å². The second-order valence-electron chi connectivity index (χ2n) is 6.00. The molecule has 17 heavy (non-hydrogen) atoms. The fraction of sp³-hybridized carbons (Fsp3) is 0.625. The zero-order chi connectivity index (χ0) is 11.8. The first-order valence-electron chi connectivity index (χ1n) is 7.06. The van der Waals surface area contributed by atoms with Crippen LogP contribution in [0.15, 0.2) is 24.3 Å². The molecule has 0 bridgehead atoms. The van der Waals surface area contributed by atoms with E-state index in [0.29, 0.717) is 6.04 Å². The topological polar surface area (TPSA) is 12.0 Å². The van der Waals surface area contributed by atoms with Gasteiger partial charge in [0.25, 0.3) is 0 Å². The molecule has 92 valence electrons. The van der Waals surface area contributed by atoms with Crippen molar-refractivity contribution in [2.24, 2.45) is 11.8 Å². The van der Waals surface area contributed by atoms with Crippen molar-refractivity contribution < 1.29 is 0 Å². The fourth-order valence-electron chi connectivity index (χ4n) is 2.81. The van der Waals surface area contributed by atoms with Crippen molar-refractivity contribution in [2.45, 2.75) is 51.6 Å². The minimum absolute atomic E-state index is 0.502.